The van der Waals surface area contributed by atoms with E-state index in [1.54, 1.807) is 13.3 Å². The molecular formula is C11H18N2O3S. The highest BCUT2D eigenvalue weighted by Crippen LogP contribution is 2.13. The smallest absolute Gasteiger partial charge is 0.408 e. The second kappa shape index (κ2) is 5.97. The molecule has 0 spiro atoms. The zero-order valence-electron chi connectivity index (χ0n) is 10.6. The van der Waals surface area contributed by atoms with Crippen LogP contribution in [0.5, 0.6) is 0 Å². The van der Waals surface area contributed by atoms with Crippen LogP contribution in [-0.2, 0) is 22.6 Å². The zero-order chi connectivity index (χ0) is 12.9. The lowest BCUT2D eigenvalue weighted by Crippen LogP contribution is -2.32. The van der Waals surface area contributed by atoms with E-state index in [4.69, 9.17) is 9.47 Å². The van der Waals surface area contributed by atoms with Gasteiger partial charge in [0.15, 0.2) is 0 Å². The molecule has 1 N–H and O–H groups in total. The number of carbonyl (C=O) groups excluding carboxylic acids is 1. The highest BCUT2D eigenvalue weighted by molar-refractivity contribution is 7.11. The van der Waals surface area contributed by atoms with Gasteiger partial charge in [0.05, 0.1) is 18.0 Å². The van der Waals surface area contributed by atoms with Crippen LogP contribution in [0.3, 0.4) is 0 Å². The molecule has 1 heterocycles. The van der Waals surface area contributed by atoms with E-state index in [9.17, 15) is 4.79 Å². The number of nitrogens with one attached hydrogen (secondary N) is 1. The Balaban J connectivity index is 2.37. The number of thiazole rings is 1. The minimum absolute atomic E-state index is 0.378. The molecule has 0 atom stereocenters. The highest BCUT2D eigenvalue weighted by Gasteiger charge is 2.16. The largest absolute Gasteiger partial charge is 0.444 e. The van der Waals surface area contributed by atoms with Gasteiger partial charge in [-0.05, 0) is 20.8 Å². The molecule has 0 radical (unpaired) electrons. The molecule has 96 valence electrons. The Morgan fingerprint density at radius 1 is 1.53 bits per heavy atom. The van der Waals surface area contributed by atoms with Crippen LogP contribution >= 0.6 is 11.3 Å². The van der Waals surface area contributed by atoms with E-state index in [2.05, 4.69) is 10.3 Å². The number of hydrogen-bond donors (Lipinski definition) is 1. The van der Waals surface area contributed by atoms with Gasteiger partial charge in [0.1, 0.15) is 10.6 Å². The van der Waals surface area contributed by atoms with Gasteiger partial charge in [-0.25, -0.2) is 9.78 Å². The third-order valence-corrected chi connectivity index (χ3v) is 2.64. The zero-order valence-corrected chi connectivity index (χ0v) is 11.4. The lowest BCUT2D eigenvalue weighted by Gasteiger charge is -2.19. The molecule has 0 fully saturated rings. The molecule has 1 rings (SSSR count). The van der Waals surface area contributed by atoms with Crippen LogP contribution in [0.25, 0.3) is 0 Å². The Bertz CT molecular complexity index is 371. The molecule has 5 nitrogen and oxygen atoms in total. The van der Waals surface area contributed by atoms with Crippen molar-refractivity contribution >= 4 is 17.4 Å². The Hall–Kier alpha value is -1.14. The third kappa shape index (κ3) is 5.65. The minimum Gasteiger partial charge on any atom is -0.444 e. The second-order valence-corrected chi connectivity index (χ2v) is 5.71. The molecule has 1 aromatic heterocycles. The van der Waals surface area contributed by atoms with Gasteiger partial charge in [-0.2, -0.15) is 0 Å². The fourth-order valence-electron chi connectivity index (χ4n) is 1.10. The average molecular weight is 258 g/mol. The number of aromatic nitrogens is 1. The number of nitrogens with zero attached hydrogens (tertiary/aromatic N) is 1. The molecule has 0 aromatic carbocycles. The summed E-state index contributed by atoms with van der Waals surface area (Å²) in [5.41, 5.74) is -0.478. The summed E-state index contributed by atoms with van der Waals surface area (Å²) in [6.45, 7) is 6.40. The van der Waals surface area contributed by atoms with Gasteiger partial charge in [-0.15, -0.1) is 11.3 Å². The van der Waals surface area contributed by atoms with Crippen molar-refractivity contribution in [3.8, 4) is 0 Å². The maximum absolute atomic E-state index is 11.4. The number of hydrogen-bond acceptors (Lipinski definition) is 5. The molecule has 0 saturated carbocycles. The Labute approximate surface area is 105 Å². The molecule has 0 aliphatic carbocycles. The first-order valence-corrected chi connectivity index (χ1v) is 6.12. The Morgan fingerprint density at radius 2 is 2.24 bits per heavy atom. The molecular weight excluding hydrogens is 240 g/mol. The van der Waals surface area contributed by atoms with Crippen molar-refractivity contribution < 1.29 is 14.3 Å². The first-order valence-electron chi connectivity index (χ1n) is 5.30. The number of methoxy groups -OCH3 is 1. The topological polar surface area (TPSA) is 60.5 Å². The molecule has 0 aliphatic heterocycles. The van der Waals surface area contributed by atoms with Gasteiger partial charge >= 0.3 is 6.09 Å². The van der Waals surface area contributed by atoms with E-state index in [-0.39, 0.29) is 0 Å². The quantitative estimate of drug-likeness (QED) is 0.900. The molecule has 0 unspecified atom stereocenters. The van der Waals surface area contributed by atoms with Gasteiger partial charge in [0.2, 0.25) is 0 Å². The number of carbonyl (C=O) groups is 1. The van der Waals surface area contributed by atoms with E-state index >= 15 is 0 Å². The molecule has 6 heteroatoms. The van der Waals surface area contributed by atoms with Crippen molar-refractivity contribution in [2.24, 2.45) is 0 Å². The average Bonchev–Trinajstić information content (AvgIpc) is 2.61. The van der Waals surface area contributed by atoms with E-state index in [1.807, 2.05) is 20.8 Å². The van der Waals surface area contributed by atoms with Crippen LogP contribution in [0.15, 0.2) is 6.20 Å². The summed E-state index contributed by atoms with van der Waals surface area (Å²) in [6.07, 6.45) is 1.32. The summed E-state index contributed by atoms with van der Waals surface area (Å²) in [5, 5.41) is 3.49. The molecule has 17 heavy (non-hydrogen) atoms. The van der Waals surface area contributed by atoms with Crippen molar-refractivity contribution in [1.82, 2.24) is 10.3 Å². The van der Waals surface area contributed by atoms with Gasteiger partial charge in [-0.3, -0.25) is 0 Å². The van der Waals surface area contributed by atoms with E-state index in [0.29, 0.717) is 13.2 Å². The summed E-state index contributed by atoms with van der Waals surface area (Å²) in [7, 11) is 1.64. The van der Waals surface area contributed by atoms with Crippen molar-refractivity contribution in [1.29, 1.82) is 0 Å². The van der Waals surface area contributed by atoms with Gasteiger partial charge in [0, 0.05) is 13.3 Å². The molecule has 1 amide bonds. The van der Waals surface area contributed by atoms with E-state index in [1.165, 1.54) is 11.3 Å². The van der Waals surface area contributed by atoms with Crippen LogP contribution in [-0.4, -0.2) is 23.8 Å². The highest BCUT2D eigenvalue weighted by atomic mass is 32.1. The van der Waals surface area contributed by atoms with Crippen LogP contribution in [0, 0.1) is 0 Å². The van der Waals surface area contributed by atoms with Crippen LogP contribution in [0.4, 0.5) is 4.79 Å². The maximum atomic E-state index is 11.4. The number of amides is 1. The summed E-state index contributed by atoms with van der Waals surface area (Å²) in [5.74, 6) is 0. The van der Waals surface area contributed by atoms with Crippen LogP contribution < -0.4 is 5.32 Å². The number of ether oxygens (including phenoxy) is 2. The summed E-state index contributed by atoms with van der Waals surface area (Å²) in [4.78, 5) is 16.6. The first kappa shape index (κ1) is 13.9. The molecule has 1 aromatic rings. The first-order chi connectivity index (χ1) is 7.90. The number of rotatable bonds is 4. The van der Waals surface area contributed by atoms with E-state index < -0.39 is 11.7 Å². The van der Waals surface area contributed by atoms with E-state index in [0.717, 1.165) is 9.88 Å². The van der Waals surface area contributed by atoms with Crippen molar-refractivity contribution in [3.05, 3.63) is 16.1 Å². The molecule has 0 bridgehead atoms. The van der Waals surface area contributed by atoms with Crippen LogP contribution in [0.1, 0.15) is 30.7 Å². The van der Waals surface area contributed by atoms with Crippen molar-refractivity contribution in [2.75, 3.05) is 7.11 Å². The fraction of sp³-hybridized carbons (Fsp3) is 0.636. The van der Waals surface area contributed by atoms with Crippen molar-refractivity contribution in [2.45, 2.75) is 39.5 Å². The lowest BCUT2D eigenvalue weighted by molar-refractivity contribution is 0.0523. The lowest BCUT2D eigenvalue weighted by atomic mass is 10.2. The minimum atomic E-state index is -0.478. The summed E-state index contributed by atoms with van der Waals surface area (Å²) >= 11 is 1.51. The molecule has 0 aliphatic rings. The number of alkyl carbamates (subject to hydrolysis) is 1. The summed E-state index contributed by atoms with van der Waals surface area (Å²) < 4.78 is 10.1. The Morgan fingerprint density at radius 3 is 2.82 bits per heavy atom. The standard InChI is InChI=1S/C11H18N2O3S/c1-11(2,3)16-10(14)13-6-9-12-5-8(17-9)7-15-4/h5H,6-7H2,1-4H3,(H,13,14). The molecule has 0 saturated heterocycles. The van der Waals surface area contributed by atoms with Gasteiger partial charge in [-0.1, -0.05) is 0 Å². The van der Waals surface area contributed by atoms with Crippen LogP contribution in [0.2, 0.25) is 0 Å². The van der Waals surface area contributed by atoms with Gasteiger partial charge in [0.25, 0.3) is 0 Å². The third-order valence-electron chi connectivity index (χ3n) is 1.67. The normalized spacial score (nSPS) is 11.3. The fourth-order valence-corrected chi connectivity index (χ4v) is 1.94. The summed E-state index contributed by atoms with van der Waals surface area (Å²) in [6, 6.07) is 0. The SMILES string of the molecule is COCc1cnc(CNC(=O)OC(C)(C)C)s1. The predicted molar refractivity (Wildman–Crippen MR) is 65.9 cm³/mol. The monoisotopic (exact) mass is 258 g/mol. The maximum Gasteiger partial charge on any atom is 0.408 e. The van der Waals surface area contributed by atoms with Gasteiger partial charge < -0.3 is 14.8 Å². The second-order valence-electron chi connectivity index (χ2n) is 4.51. The Kier molecular flexibility index (Phi) is 4.89. The van der Waals surface area contributed by atoms with Crippen molar-refractivity contribution in [3.63, 3.8) is 0 Å². The predicted octanol–water partition coefficient (Wildman–Crippen LogP) is 2.31.